The predicted octanol–water partition coefficient (Wildman–Crippen LogP) is 5.97. The van der Waals surface area contributed by atoms with Crippen LogP contribution in [0.25, 0.3) is 20.2 Å². The van der Waals surface area contributed by atoms with E-state index < -0.39 is 10.8 Å². The minimum Gasteiger partial charge on any atom is -0.590 e. The van der Waals surface area contributed by atoms with Gasteiger partial charge in [0.2, 0.25) is 5.75 Å². The maximum atomic E-state index is 13.5. The Balaban J connectivity index is 2.07. The minimum atomic E-state index is -1.31. The molecule has 6 nitrogen and oxygen atoms in total. The van der Waals surface area contributed by atoms with E-state index in [1.54, 1.807) is 35.5 Å². The number of methoxy groups -OCH3 is 5. The molecule has 7 heteroatoms. The molecule has 1 atom stereocenters. The van der Waals surface area contributed by atoms with Gasteiger partial charge in [0.15, 0.2) is 20.9 Å². The minimum absolute atomic E-state index is 0.456. The molecular weight excluding hydrogens is 440 g/mol. The molecule has 3 aromatic carbocycles. The van der Waals surface area contributed by atoms with Crippen LogP contribution in [0, 0.1) is 13.8 Å². The molecule has 0 bridgehead atoms. The highest BCUT2D eigenvalue weighted by Crippen LogP contribution is 2.53. The van der Waals surface area contributed by atoms with Crippen LogP contribution in [0.4, 0.5) is 0 Å². The molecule has 0 N–H and O–H groups in total. The lowest BCUT2D eigenvalue weighted by Gasteiger charge is -2.19. The molecular formula is C26H28O6S. The molecule has 0 aliphatic rings. The van der Waals surface area contributed by atoms with E-state index in [1.807, 2.05) is 44.2 Å². The molecule has 1 aromatic heterocycles. The first-order valence-corrected chi connectivity index (χ1v) is 11.6. The van der Waals surface area contributed by atoms with Crippen molar-refractivity contribution in [3.05, 3.63) is 52.6 Å². The van der Waals surface area contributed by atoms with Crippen molar-refractivity contribution in [1.29, 1.82) is 0 Å². The van der Waals surface area contributed by atoms with Crippen molar-refractivity contribution >= 4 is 30.9 Å². The fourth-order valence-electron chi connectivity index (χ4n) is 4.70. The topological polar surface area (TPSA) is 69.2 Å². The number of rotatable bonds is 7. The number of benzene rings is 3. The van der Waals surface area contributed by atoms with Crippen molar-refractivity contribution in [2.24, 2.45) is 0 Å². The van der Waals surface area contributed by atoms with Crippen LogP contribution in [-0.4, -0.2) is 40.1 Å². The van der Waals surface area contributed by atoms with Crippen molar-refractivity contribution in [2.75, 3.05) is 35.5 Å². The molecule has 33 heavy (non-hydrogen) atoms. The highest BCUT2D eigenvalue weighted by Gasteiger charge is 2.30. The summed E-state index contributed by atoms with van der Waals surface area (Å²) in [6.45, 7) is 3.93. The summed E-state index contributed by atoms with van der Waals surface area (Å²) >= 11 is 0. The van der Waals surface area contributed by atoms with Gasteiger partial charge in [0, 0.05) is 23.1 Å². The summed E-state index contributed by atoms with van der Waals surface area (Å²) < 4.78 is 43.6. The normalized spacial score (nSPS) is 11.7. The van der Waals surface area contributed by atoms with E-state index in [4.69, 9.17) is 23.7 Å². The van der Waals surface area contributed by atoms with Gasteiger partial charge in [-0.25, -0.2) is 0 Å². The van der Waals surface area contributed by atoms with Crippen LogP contribution < -0.4 is 23.7 Å². The molecule has 0 amide bonds. The third-order valence-corrected chi connectivity index (χ3v) is 7.89. The number of thiophene rings is 1. The van der Waals surface area contributed by atoms with Crippen molar-refractivity contribution in [3.63, 3.8) is 0 Å². The van der Waals surface area contributed by atoms with Crippen LogP contribution in [0.1, 0.15) is 22.3 Å². The van der Waals surface area contributed by atoms with Crippen LogP contribution >= 0.6 is 10.8 Å². The number of aryl methyl sites for hydroxylation is 2. The quantitative estimate of drug-likeness (QED) is 0.311. The van der Waals surface area contributed by atoms with Gasteiger partial charge in [0.05, 0.1) is 51.9 Å². The second-order valence-corrected chi connectivity index (χ2v) is 9.12. The standard InChI is InChI=1S/C26H28O6S/c1-14-9-8-10-17-20-23(31-6)18(21(29-4)15(2)26(20)33(27)25(14)17)13-16-11-12-19(28-3)24(32-7)22(16)30-5/h8-12H,13H2,1-7H3. The molecule has 0 saturated heterocycles. The van der Waals surface area contributed by atoms with E-state index in [0.29, 0.717) is 35.2 Å². The zero-order valence-corrected chi connectivity index (χ0v) is 20.8. The van der Waals surface area contributed by atoms with Crippen LogP contribution in [0.15, 0.2) is 30.3 Å². The van der Waals surface area contributed by atoms with Gasteiger partial charge in [-0.15, -0.1) is 0 Å². The van der Waals surface area contributed by atoms with E-state index in [9.17, 15) is 4.55 Å². The van der Waals surface area contributed by atoms with Crippen LogP contribution in [0.2, 0.25) is 0 Å². The molecule has 0 saturated carbocycles. The van der Waals surface area contributed by atoms with E-state index in [1.165, 1.54) is 0 Å². The maximum absolute atomic E-state index is 13.5. The second kappa shape index (κ2) is 9.00. The van der Waals surface area contributed by atoms with Gasteiger partial charge in [0.1, 0.15) is 11.5 Å². The van der Waals surface area contributed by atoms with Gasteiger partial charge in [-0.05, 0) is 36.7 Å². The van der Waals surface area contributed by atoms with E-state index in [2.05, 4.69) is 0 Å². The SMILES string of the molecule is COc1ccc(Cc2c(OC)c(C)c3c(c2OC)c2cccc(C)c2[s+]3[O-])c(OC)c1OC. The van der Waals surface area contributed by atoms with Crippen LogP contribution in [0.5, 0.6) is 28.7 Å². The van der Waals surface area contributed by atoms with Gasteiger partial charge in [-0.1, -0.05) is 18.2 Å². The average Bonchev–Trinajstić information content (AvgIpc) is 3.12. The number of hydrogen-bond donors (Lipinski definition) is 0. The molecule has 0 radical (unpaired) electrons. The van der Waals surface area contributed by atoms with Crippen LogP contribution in [-0.2, 0) is 6.42 Å². The first kappa shape index (κ1) is 23.0. The highest BCUT2D eigenvalue weighted by atomic mass is 32.2. The molecule has 0 aliphatic heterocycles. The molecule has 4 rings (SSSR count). The summed E-state index contributed by atoms with van der Waals surface area (Å²) in [7, 11) is 6.72. The summed E-state index contributed by atoms with van der Waals surface area (Å²) in [5.41, 5.74) is 3.57. The molecule has 0 spiro atoms. The molecule has 174 valence electrons. The van der Waals surface area contributed by atoms with E-state index in [-0.39, 0.29) is 0 Å². The van der Waals surface area contributed by atoms with Gasteiger partial charge < -0.3 is 28.2 Å². The largest absolute Gasteiger partial charge is 0.590 e. The summed E-state index contributed by atoms with van der Waals surface area (Å²) in [6.07, 6.45) is 0.456. The zero-order valence-electron chi connectivity index (χ0n) is 20.0. The highest BCUT2D eigenvalue weighted by molar-refractivity contribution is 7.38. The predicted molar refractivity (Wildman–Crippen MR) is 132 cm³/mol. The first-order chi connectivity index (χ1) is 15.9. The first-order valence-electron chi connectivity index (χ1n) is 10.5. The second-order valence-electron chi connectivity index (χ2n) is 7.76. The fourth-order valence-corrected chi connectivity index (χ4v) is 6.40. The Kier molecular flexibility index (Phi) is 6.28. The third-order valence-electron chi connectivity index (χ3n) is 6.10. The van der Waals surface area contributed by atoms with Crippen molar-refractivity contribution < 1.29 is 28.2 Å². The summed E-state index contributed by atoms with van der Waals surface area (Å²) in [6, 6.07) is 9.76. The molecule has 4 aromatic rings. The number of ether oxygens (including phenoxy) is 5. The van der Waals surface area contributed by atoms with E-state index in [0.717, 1.165) is 42.4 Å². The fraction of sp³-hybridized carbons (Fsp3) is 0.308. The van der Waals surface area contributed by atoms with Gasteiger partial charge >= 0.3 is 0 Å². The Hall–Kier alpha value is -3.16. The van der Waals surface area contributed by atoms with Gasteiger partial charge in [-0.3, -0.25) is 0 Å². The molecule has 0 fully saturated rings. The Morgan fingerprint density at radius 3 is 2.00 bits per heavy atom. The van der Waals surface area contributed by atoms with Gasteiger partial charge in [0.25, 0.3) is 0 Å². The average molecular weight is 469 g/mol. The zero-order chi connectivity index (χ0) is 23.9. The lowest BCUT2D eigenvalue weighted by molar-refractivity contribution is 0.322. The van der Waals surface area contributed by atoms with Crippen molar-refractivity contribution in [3.8, 4) is 28.7 Å². The molecule has 1 heterocycles. The lowest BCUT2D eigenvalue weighted by Crippen LogP contribution is -2.04. The van der Waals surface area contributed by atoms with E-state index >= 15 is 0 Å². The Bertz CT molecular complexity index is 1360. The maximum Gasteiger partial charge on any atom is 0.203 e. The van der Waals surface area contributed by atoms with Crippen LogP contribution in [0.3, 0.4) is 0 Å². The number of fused-ring (bicyclic) bond motifs is 3. The monoisotopic (exact) mass is 468 g/mol. The van der Waals surface area contributed by atoms with Crippen molar-refractivity contribution in [2.45, 2.75) is 20.3 Å². The molecule has 0 aliphatic carbocycles. The Labute approximate surface area is 196 Å². The van der Waals surface area contributed by atoms with Crippen molar-refractivity contribution in [1.82, 2.24) is 0 Å². The summed E-state index contributed by atoms with van der Waals surface area (Å²) in [5.74, 6) is 3.00. The Morgan fingerprint density at radius 1 is 0.727 bits per heavy atom. The lowest BCUT2D eigenvalue weighted by atomic mass is 9.96. The number of hydrogen-bond acceptors (Lipinski definition) is 6. The third kappa shape index (κ3) is 3.43. The summed E-state index contributed by atoms with van der Waals surface area (Å²) in [5, 5.41) is 1.80. The van der Waals surface area contributed by atoms with Gasteiger partial charge in [-0.2, -0.15) is 0 Å². The Morgan fingerprint density at radius 2 is 1.39 bits per heavy atom. The summed E-state index contributed by atoms with van der Waals surface area (Å²) in [4.78, 5) is 0. The molecule has 1 unspecified atom stereocenters. The smallest absolute Gasteiger partial charge is 0.203 e.